The van der Waals surface area contributed by atoms with Crippen LogP contribution in [0.3, 0.4) is 0 Å². The number of pyridine rings is 1. The first-order chi connectivity index (χ1) is 6.79. The quantitative estimate of drug-likeness (QED) is 0.596. The number of allylic oxidation sites excluding steroid dienone is 2. The van der Waals surface area contributed by atoms with E-state index in [1.165, 1.54) is 5.57 Å². The molecule has 1 aromatic heterocycles. The predicted molar refractivity (Wildman–Crippen MR) is 55.5 cm³/mol. The summed E-state index contributed by atoms with van der Waals surface area (Å²) >= 11 is 0. The van der Waals surface area contributed by atoms with Gasteiger partial charge in [-0.3, -0.25) is 0 Å². The van der Waals surface area contributed by atoms with Gasteiger partial charge in [-0.05, 0) is 30.7 Å². The third kappa shape index (κ3) is 1.57. The summed E-state index contributed by atoms with van der Waals surface area (Å²) < 4.78 is 0. The third-order valence-electron chi connectivity index (χ3n) is 2.24. The average Bonchev–Trinajstić information content (AvgIpc) is 2.40. The van der Waals surface area contributed by atoms with E-state index < -0.39 is 0 Å². The van der Waals surface area contributed by atoms with Crippen LogP contribution < -0.4 is 10.6 Å². The Kier molecular flexibility index (Phi) is 2.16. The molecule has 0 saturated carbocycles. The molecule has 14 heavy (non-hydrogen) atoms. The maximum absolute atomic E-state index is 8.71. The molecule has 0 radical (unpaired) electrons. The molecule has 1 heterocycles. The van der Waals surface area contributed by atoms with Gasteiger partial charge >= 0.3 is 0 Å². The second-order valence-corrected chi connectivity index (χ2v) is 3.37. The first kappa shape index (κ1) is 8.71. The van der Waals surface area contributed by atoms with Crippen molar-refractivity contribution in [3.05, 3.63) is 40.0 Å². The summed E-state index contributed by atoms with van der Waals surface area (Å²) in [6.07, 6.45) is 7.11. The largest absolute Gasteiger partial charge is 0.237 e. The van der Waals surface area contributed by atoms with E-state index in [2.05, 4.69) is 24.1 Å². The summed E-state index contributed by atoms with van der Waals surface area (Å²) in [6.45, 7) is 2.09. The number of hydrogen-bond acceptors (Lipinski definition) is 2. The van der Waals surface area contributed by atoms with Crippen LogP contribution in [-0.2, 0) is 0 Å². The highest BCUT2D eigenvalue weighted by molar-refractivity contribution is 5.46. The van der Waals surface area contributed by atoms with Crippen molar-refractivity contribution in [1.29, 1.82) is 5.26 Å². The molecule has 0 unspecified atom stereocenters. The first-order valence-corrected chi connectivity index (χ1v) is 4.54. The highest BCUT2D eigenvalue weighted by Gasteiger charge is 1.95. The van der Waals surface area contributed by atoms with Crippen molar-refractivity contribution in [2.24, 2.45) is 0 Å². The lowest BCUT2D eigenvalue weighted by molar-refractivity contribution is 1.16. The van der Waals surface area contributed by atoms with Crippen molar-refractivity contribution < 1.29 is 0 Å². The van der Waals surface area contributed by atoms with E-state index in [1.807, 2.05) is 18.2 Å². The average molecular weight is 182 g/mol. The fourth-order valence-electron chi connectivity index (χ4n) is 1.41. The zero-order valence-electron chi connectivity index (χ0n) is 7.99. The van der Waals surface area contributed by atoms with Crippen molar-refractivity contribution >= 4 is 12.2 Å². The molecule has 0 amide bonds. The molecule has 2 rings (SSSR count). The van der Waals surface area contributed by atoms with Crippen LogP contribution in [-0.4, -0.2) is 4.98 Å². The first-order valence-electron chi connectivity index (χ1n) is 4.54. The Morgan fingerprint density at radius 3 is 3.00 bits per heavy atom. The zero-order chi connectivity index (χ0) is 9.97. The van der Waals surface area contributed by atoms with Crippen LogP contribution in [0.15, 0.2) is 23.8 Å². The Morgan fingerprint density at radius 1 is 1.36 bits per heavy atom. The number of nitrogens with zero attached hydrogens (tertiary/aromatic N) is 2. The Labute approximate surface area is 82.5 Å². The normalized spacial score (nSPS) is 13.9. The molecule has 1 aliphatic rings. The van der Waals surface area contributed by atoms with Crippen LogP contribution >= 0.6 is 0 Å². The maximum Gasteiger partial charge on any atom is 0.141 e. The number of nitriles is 1. The predicted octanol–water partition coefficient (Wildman–Crippen LogP) is 0.864. The smallest absolute Gasteiger partial charge is 0.141 e. The standard InChI is InChI=1S/C12H10N2/c1-9-2-4-10-5-6-11(8-13)14-12(10)7-3-9/h2,4-7H,3H2,1H3. The number of fused-ring (bicyclic) bond motifs is 1. The maximum atomic E-state index is 8.71. The fourth-order valence-corrected chi connectivity index (χ4v) is 1.41. The fraction of sp³-hybridized carbons (Fsp3) is 0.167. The van der Waals surface area contributed by atoms with E-state index in [9.17, 15) is 0 Å². The monoisotopic (exact) mass is 182 g/mol. The molecule has 0 atom stereocenters. The Bertz CT molecular complexity index is 545. The van der Waals surface area contributed by atoms with Crippen LogP contribution in [0.4, 0.5) is 0 Å². The van der Waals surface area contributed by atoms with Gasteiger partial charge in [-0.15, -0.1) is 0 Å². The van der Waals surface area contributed by atoms with Gasteiger partial charge in [-0.1, -0.05) is 23.8 Å². The van der Waals surface area contributed by atoms with Crippen molar-refractivity contribution in [3.63, 3.8) is 0 Å². The number of hydrogen-bond donors (Lipinski definition) is 0. The number of aromatic nitrogens is 1. The third-order valence-corrected chi connectivity index (χ3v) is 2.24. The molecule has 0 N–H and O–H groups in total. The summed E-state index contributed by atoms with van der Waals surface area (Å²) in [4.78, 5) is 4.24. The molecule has 0 saturated heterocycles. The molecule has 2 heteroatoms. The van der Waals surface area contributed by atoms with Crippen molar-refractivity contribution in [2.75, 3.05) is 0 Å². The second-order valence-electron chi connectivity index (χ2n) is 3.37. The molecule has 0 aliphatic heterocycles. The molecular formula is C12H10N2. The van der Waals surface area contributed by atoms with Gasteiger partial charge in [0.2, 0.25) is 0 Å². The summed E-state index contributed by atoms with van der Waals surface area (Å²) in [5, 5.41) is 10.7. The minimum Gasteiger partial charge on any atom is -0.237 e. The number of rotatable bonds is 0. The Balaban J connectivity index is 2.69. The summed E-state index contributed by atoms with van der Waals surface area (Å²) in [5.41, 5.74) is 1.79. The summed E-state index contributed by atoms with van der Waals surface area (Å²) in [7, 11) is 0. The van der Waals surface area contributed by atoms with Crippen LogP contribution in [0.2, 0.25) is 0 Å². The molecular weight excluding hydrogens is 172 g/mol. The molecule has 1 aromatic rings. The lowest BCUT2D eigenvalue weighted by Gasteiger charge is -1.90. The van der Waals surface area contributed by atoms with Gasteiger partial charge in [-0.25, -0.2) is 4.98 Å². The topological polar surface area (TPSA) is 36.7 Å². The molecule has 1 aliphatic carbocycles. The van der Waals surface area contributed by atoms with Gasteiger partial charge in [0.25, 0.3) is 0 Å². The van der Waals surface area contributed by atoms with Crippen molar-refractivity contribution in [1.82, 2.24) is 4.98 Å². The lowest BCUT2D eigenvalue weighted by atomic mass is 10.2. The van der Waals surface area contributed by atoms with E-state index in [0.717, 1.165) is 17.0 Å². The minimum absolute atomic E-state index is 0.480. The Morgan fingerprint density at radius 2 is 2.21 bits per heavy atom. The van der Waals surface area contributed by atoms with Crippen LogP contribution in [0.1, 0.15) is 19.0 Å². The van der Waals surface area contributed by atoms with Gasteiger partial charge in [0, 0.05) is 0 Å². The van der Waals surface area contributed by atoms with Gasteiger partial charge in [0.15, 0.2) is 0 Å². The zero-order valence-corrected chi connectivity index (χ0v) is 7.99. The van der Waals surface area contributed by atoms with Gasteiger partial charge < -0.3 is 0 Å². The molecule has 0 spiro atoms. The van der Waals surface area contributed by atoms with Crippen molar-refractivity contribution in [3.8, 4) is 6.07 Å². The second kappa shape index (κ2) is 3.47. The molecule has 0 aromatic carbocycles. The highest BCUT2D eigenvalue weighted by atomic mass is 14.7. The van der Waals surface area contributed by atoms with Gasteiger partial charge in [0.1, 0.15) is 11.8 Å². The van der Waals surface area contributed by atoms with E-state index in [1.54, 1.807) is 6.07 Å². The van der Waals surface area contributed by atoms with Crippen LogP contribution in [0.25, 0.3) is 12.2 Å². The summed E-state index contributed by atoms with van der Waals surface area (Å²) in [6, 6.07) is 5.73. The van der Waals surface area contributed by atoms with Crippen LogP contribution in [0, 0.1) is 11.3 Å². The van der Waals surface area contributed by atoms with E-state index in [-0.39, 0.29) is 0 Å². The molecule has 2 nitrogen and oxygen atoms in total. The summed E-state index contributed by atoms with van der Waals surface area (Å²) in [5.74, 6) is 0. The lowest BCUT2D eigenvalue weighted by Crippen LogP contribution is -2.27. The molecule has 0 bridgehead atoms. The van der Waals surface area contributed by atoms with E-state index in [0.29, 0.717) is 5.69 Å². The Hall–Kier alpha value is -1.88. The van der Waals surface area contributed by atoms with E-state index >= 15 is 0 Å². The van der Waals surface area contributed by atoms with Crippen molar-refractivity contribution in [2.45, 2.75) is 13.3 Å². The van der Waals surface area contributed by atoms with Gasteiger partial charge in [-0.2, -0.15) is 5.26 Å². The SMILES string of the molecule is CC1=CC=c2ccc(C#N)nc2=CC1. The minimum atomic E-state index is 0.480. The molecule has 68 valence electrons. The molecule has 0 fully saturated rings. The highest BCUT2D eigenvalue weighted by Crippen LogP contribution is 2.01. The van der Waals surface area contributed by atoms with Crippen LogP contribution in [0.5, 0.6) is 0 Å². The van der Waals surface area contributed by atoms with E-state index in [4.69, 9.17) is 5.26 Å². The van der Waals surface area contributed by atoms with Gasteiger partial charge in [0.05, 0.1) is 5.35 Å².